The average Bonchev–Trinajstić information content (AvgIpc) is 2.96. The number of hydrogen-bond donors (Lipinski definition) is 0. The summed E-state index contributed by atoms with van der Waals surface area (Å²) in [5, 5.41) is 2.36. The molecule has 4 nitrogen and oxygen atoms in total. The van der Waals surface area contributed by atoms with E-state index in [2.05, 4.69) is 9.97 Å². The number of carbonyl (C=O) groups is 1. The van der Waals surface area contributed by atoms with Gasteiger partial charge in [0, 0.05) is 5.39 Å². The van der Waals surface area contributed by atoms with Gasteiger partial charge in [0.2, 0.25) is 0 Å². The van der Waals surface area contributed by atoms with Crippen molar-refractivity contribution in [1.82, 2.24) is 9.97 Å². The molecule has 0 aliphatic heterocycles. The second-order valence-corrected chi connectivity index (χ2v) is 6.45. The highest BCUT2D eigenvalue weighted by Gasteiger charge is 2.14. The Balaban J connectivity index is 1.85. The van der Waals surface area contributed by atoms with Gasteiger partial charge in [0.05, 0.1) is 27.4 Å². The van der Waals surface area contributed by atoms with Gasteiger partial charge in [-0.05, 0) is 25.5 Å². The van der Waals surface area contributed by atoms with Gasteiger partial charge >= 0.3 is 5.97 Å². The second kappa shape index (κ2) is 6.02. The second-order valence-electron chi connectivity index (χ2n) is 4.83. The SMILES string of the molecule is Cc1ncc(C(=O)OCc2nc3ccccc3c(C)c2Cl)s1. The number of aromatic nitrogens is 2. The van der Waals surface area contributed by atoms with Crippen LogP contribution in [0, 0.1) is 13.8 Å². The molecule has 3 rings (SSSR count). The van der Waals surface area contributed by atoms with Crippen LogP contribution in [0.2, 0.25) is 5.02 Å². The molecule has 0 aliphatic carbocycles. The smallest absolute Gasteiger partial charge is 0.350 e. The highest BCUT2D eigenvalue weighted by Crippen LogP contribution is 2.27. The molecule has 2 aromatic heterocycles. The maximum Gasteiger partial charge on any atom is 0.350 e. The van der Waals surface area contributed by atoms with Crippen molar-refractivity contribution in [3.8, 4) is 0 Å². The lowest BCUT2D eigenvalue weighted by atomic mass is 10.1. The van der Waals surface area contributed by atoms with E-state index in [1.165, 1.54) is 17.5 Å². The summed E-state index contributed by atoms with van der Waals surface area (Å²) in [5.74, 6) is -0.408. The van der Waals surface area contributed by atoms with Gasteiger partial charge in [-0.3, -0.25) is 0 Å². The fourth-order valence-corrected chi connectivity index (χ4v) is 3.04. The van der Waals surface area contributed by atoms with Crippen LogP contribution >= 0.6 is 22.9 Å². The van der Waals surface area contributed by atoms with Crippen molar-refractivity contribution in [2.24, 2.45) is 0 Å². The maximum absolute atomic E-state index is 12.0. The van der Waals surface area contributed by atoms with Crippen molar-refractivity contribution in [2.75, 3.05) is 0 Å². The van der Waals surface area contributed by atoms with E-state index in [0.717, 1.165) is 21.5 Å². The topological polar surface area (TPSA) is 52.1 Å². The van der Waals surface area contributed by atoms with E-state index in [0.29, 0.717) is 15.6 Å². The third-order valence-corrected chi connectivity index (χ3v) is 4.70. The lowest BCUT2D eigenvalue weighted by Crippen LogP contribution is -2.06. The number of halogens is 1. The first kappa shape index (κ1) is 14.9. The van der Waals surface area contributed by atoms with Gasteiger partial charge in [-0.2, -0.15) is 0 Å². The van der Waals surface area contributed by atoms with Crippen LogP contribution in [-0.4, -0.2) is 15.9 Å². The fourth-order valence-electron chi connectivity index (χ4n) is 2.17. The molecular formula is C16H13ClN2O2S. The normalized spacial score (nSPS) is 10.9. The number of para-hydroxylation sites is 1. The van der Waals surface area contributed by atoms with Crippen LogP contribution in [-0.2, 0) is 11.3 Å². The summed E-state index contributed by atoms with van der Waals surface area (Å²) in [6.07, 6.45) is 1.52. The number of carbonyl (C=O) groups excluding carboxylic acids is 1. The minimum Gasteiger partial charge on any atom is -0.455 e. The van der Waals surface area contributed by atoms with Crippen molar-refractivity contribution >= 4 is 39.8 Å². The number of aryl methyl sites for hydroxylation is 2. The molecule has 112 valence electrons. The fraction of sp³-hybridized carbons (Fsp3) is 0.188. The maximum atomic E-state index is 12.0. The van der Waals surface area contributed by atoms with E-state index in [1.54, 1.807) is 0 Å². The first-order valence-corrected chi connectivity index (χ1v) is 7.89. The van der Waals surface area contributed by atoms with E-state index < -0.39 is 5.97 Å². The number of benzene rings is 1. The Bertz CT molecular complexity index is 860. The van der Waals surface area contributed by atoms with Crippen molar-refractivity contribution in [3.63, 3.8) is 0 Å². The lowest BCUT2D eigenvalue weighted by molar-refractivity contribution is 0.0473. The number of nitrogens with zero attached hydrogens (tertiary/aromatic N) is 2. The Kier molecular flexibility index (Phi) is 4.09. The van der Waals surface area contributed by atoms with E-state index in [-0.39, 0.29) is 6.61 Å². The molecule has 0 radical (unpaired) electrons. The molecular weight excluding hydrogens is 320 g/mol. The monoisotopic (exact) mass is 332 g/mol. The number of hydrogen-bond acceptors (Lipinski definition) is 5. The van der Waals surface area contributed by atoms with Gasteiger partial charge in [-0.15, -0.1) is 11.3 Å². The number of thiazole rings is 1. The van der Waals surface area contributed by atoms with Crippen molar-refractivity contribution < 1.29 is 9.53 Å². The van der Waals surface area contributed by atoms with Crippen molar-refractivity contribution in [3.05, 3.63) is 56.6 Å². The molecule has 0 aliphatic rings. The Morgan fingerprint density at radius 1 is 1.32 bits per heavy atom. The molecule has 6 heteroatoms. The standard InChI is InChI=1S/C16H13ClN2O2S/c1-9-11-5-3-4-6-12(11)19-13(15(9)17)8-21-16(20)14-7-18-10(2)22-14/h3-7H,8H2,1-2H3. The summed E-state index contributed by atoms with van der Waals surface area (Å²) in [5.41, 5.74) is 2.34. The number of rotatable bonds is 3. The molecule has 2 heterocycles. The molecule has 0 spiro atoms. The van der Waals surface area contributed by atoms with Gasteiger partial charge in [0.25, 0.3) is 0 Å². The number of ether oxygens (including phenoxy) is 1. The Hall–Kier alpha value is -1.98. The summed E-state index contributed by atoms with van der Waals surface area (Å²) in [7, 11) is 0. The van der Waals surface area contributed by atoms with Gasteiger partial charge < -0.3 is 4.74 Å². The van der Waals surface area contributed by atoms with Crippen LogP contribution in [0.5, 0.6) is 0 Å². The average molecular weight is 333 g/mol. The van der Waals surface area contributed by atoms with E-state index in [1.807, 2.05) is 38.1 Å². The minimum absolute atomic E-state index is 0.0420. The Morgan fingerprint density at radius 2 is 2.09 bits per heavy atom. The molecule has 0 saturated heterocycles. The third kappa shape index (κ3) is 2.82. The van der Waals surface area contributed by atoms with Gasteiger partial charge in [0.15, 0.2) is 0 Å². The summed E-state index contributed by atoms with van der Waals surface area (Å²) in [6, 6.07) is 7.74. The van der Waals surface area contributed by atoms with Crippen LogP contribution < -0.4 is 0 Å². The predicted molar refractivity (Wildman–Crippen MR) is 87.5 cm³/mol. The van der Waals surface area contributed by atoms with Crippen LogP contribution in [0.25, 0.3) is 10.9 Å². The minimum atomic E-state index is -0.408. The van der Waals surface area contributed by atoms with E-state index in [9.17, 15) is 4.79 Å². The van der Waals surface area contributed by atoms with E-state index >= 15 is 0 Å². The molecule has 0 amide bonds. The van der Waals surface area contributed by atoms with Crippen LogP contribution in [0.1, 0.15) is 25.9 Å². The first-order chi connectivity index (χ1) is 10.6. The number of pyridine rings is 1. The van der Waals surface area contributed by atoms with Crippen molar-refractivity contribution in [2.45, 2.75) is 20.5 Å². The largest absolute Gasteiger partial charge is 0.455 e. The zero-order valence-electron chi connectivity index (χ0n) is 12.1. The first-order valence-electron chi connectivity index (χ1n) is 6.69. The molecule has 0 bridgehead atoms. The third-order valence-electron chi connectivity index (χ3n) is 3.31. The molecule has 0 fully saturated rings. The lowest BCUT2D eigenvalue weighted by Gasteiger charge is -2.10. The quantitative estimate of drug-likeness (QED) is 0.670. The molecule has 0 unspecified atom stereocenters. The molecule has 1 aromatic carbocycles. The number of esters is 1. The van der Waals surface area contributed by atoms with Crippen LogP contribution in [0.15, 0.2) is 30.5 Å². The van der Waals surface area contributed by atoms with Gasteiger partial charge in [-0.25, -0.2) is 14.8 Å². The summed E-state index contributed by atoms with van der Waals surface area (Å²) in [6.45, 7) is 3.82. The van der Waals surface area contributed by atoms with Gasteiger partial charge in [-0.1, -0.05) is 29.8 Å². The molecule has 0 atom stereocenters. The molecule has 0 N–H and O–H groups in total. The zero-order valence-corrected chi connectivity index (χ0v) is 13.7. The summed E-state index contributed by atoms with van der Waals surface area (Å²) in [4.78, 5) is 21.0. The van der Waals surface area contributed by atoms with Crippen molar-refractivity contribution in [1.29, 1.82) is 0 Å². The summed E-state index contributed by atoms with van der Waals surface area (Å²) < 4.78 is 5.30. The van der Waals surface area contributed by atoms with E-state index in [4.69, 9.17) is 16.3 Å². The Morgan fingerprint density at radius 3 is 2.82 bits per heavy atom. The zero-order chi connectivity index (χ0) is 15.7. The number of fused-ring (bicyclic) bond motifs is 1. The molecule has 22 heavy (non-hydrogen) atoms. The Labute approximate surface area is 136 Å². The highest BCUT2D eigenvalue weighted by atomic mass is 35.5. The van der Waals surface area contributed by atoms with Gasteiger partial charge in [0.1, 0.15) is 11.5 Å². The summed E-state index contributed by atoms with van der Waals surface area (Å²) >= 11 is 7.64. The highest BCUT2D eigenvalue weighted by molar-refractivity contribution is 7.13. The van der Waals surface area contributed by atoms with Crippen LogP contribution in [0.3, 0.4) is 0 Å². The predicted octanol–water partition coefficient (Wildman–Crippen LogP) is 4.32. The molecule has 3 aromatic rings. The molecule has 0 saturated carbocycles. The van der Waals surface area contributed by atoms with Crippen LogP contribution in [0.4, 0.5) is 0 Å².